The SMILES string of the molecule is COc1ccccc1CNC(=O)COC(=O)c1ccc2[nH]c(C)c(C)c2c1. The van der Waals surface area contributed by atoms with Gasteiger partial charge in [-0.05, 0) is 43.7 Å². The standard InChI is InChI=1S/C21H22N2O4/c1-13-14(2)23-18-9-8-15(10-17(13)18)21(25)27-12-20(24)22-11-16-6-4-5-7-19(16)26-3/h4-10,23H,11-12H2,1-3H3,(H,22,24). The van der Waals surface area contributed by atoms with E-state index in [0.717, 1.165) is 27.7 Å². The molecule has 0 aliphatic carbocycles. The Labute approximate surface area is 157 Å². The third-order valence-corrected chi connectivity index (χ3v) is 4.55. The molecule has 2 aromatic carbocycles. The maximum absolute atomic E-state index is 12.3. The lowest BCUT2D eigenvalue weighted by Gasteiger charge is -2.10. The van der Waals surface area contributed by atoms with Crippen LogP contribution in [0.3, 0.4) is 0 Å². The minimum atomic E-state index is -0.525. The number of carbonyl (C=O) groups is 2. The molecular formula is C21H22N2O4. The van der Waals surface area contributed by atoms with E-state index < -0.39 is 5.97 Å². The van der Waals surface area contributed by atoms with Crippen LogP contribution in [0.2, 0.25) is 0 Å². The molecule has 3 rings (SSSR count). The van der Waals surface area contributed by atoms with Gasteiger partial charge in [-0.25, -0.2) is 4.79 Å². The number of fused-ring (bicyclic) bond motifs is 1. The molecule has 0 unspecified atom stereocenters. The lowest BCUT2D eigenvalue weighted by Crippen LogP contribution is -2.28. The van der Waals surface area contributed by atoms with Crippen molar-refractivity contribution < 1.29 is 19.1 Å². The summed E-state index contributed by atoms with van der Waals surface area (Å²) in [6.45, 7) is 3.94. The van der Waals surface area contributed by atoms with E-state index in [1.807, 2.05) is 44.2 Å². The van der Waals surface area contributed by atoms with Gasteiger partial charge in [-0.1, -0.05) is 18.2 Å². The molecule has 0 aliphatic rings. The van der Waals surface area contributed by atoms with Crippen molar-refractivity contribution in [1.82, 2.24) is 10.3 Å². The number of aromatic nitrogens is 1. The highest BCUT2D eigenvalue weighted by Gasteiger charge is 2.13. The lowest BCUT2D eigenvalue weighted by molar-refractivity contribution is -0.124. The Bertz CT molecular complexity index is 991. The first-order valence-electron chi connectivity index (χ1n) is 8.64. The summed E-state index contributed by atoms with van der Waals surface area (Å²) in [5.41, 5.74) is 4.39. The van der Waals surface area contributed by atoms with Gasteiger partial charge in [0.2, 0.25) is 0 Å². The average molecular weight is 366 g/mol. The van der Waals surface area contributed by atoms with E-state index in [9.17, 15) is 9.59 Å². The second-order valence-corrected chi connectivity index (χ2v) is 6.30. The molecule has 0 radical (unpaired) electrons. The highest BCUT2D eigenvalue weighted by molar-refractivity contribution is 5.96. The monoisotopic (exact) mass is 366 g/mol. The maximum Gasteiger partial charge on any atom is 0.338 e. The van der Waals surface area contributed by atoms with Gasteiger partial charge in [0.1, 0.15) is 5.75 Å². The van der Waals surface area contributed by atoms with Gasteiger partial charge in [0.15, 0.2) is 6.61 Å². The minimum Gasteiger partial charge on any atom is -0.496 e. The predicted octanol–water partition coefficient (Wildman–Crippen LogP) is 3.27. The maximum atomic E-state index is 12.3. The van der Waals surface area contributed by atoms with Crippen molar-refractivity contribution in [3.8, 4) is 5.75 Å². The summed E-state index contributed by atoms with van der Waals surface area (Å²) in [6, 6.07) is 12.7. The molecule has 0 atom stereocenters. The number of nitrogens with one attached hydrogen (secondary N) is 2. The molecule has 140 valence electrons. The number of rotatable bonds is 6. The van der Waals surface area contributed by atoms with Crippen molar-refractivity contribution in [1.29, 1.82) is 0 Å². The smallest absolute Gasteiger partial charge is 0.338 e. The number of para-hydroxylation sites is 1. The molecule has 1 heterocycles. The largest absolute Gasteiger partial charge is 0.496 e. The van der Waals surface area contributed by atoms with Gasteiger partial charge in [-0.15, -0.1) is 0 Å². The quantitative estimate of drug-likeness (QED) is 0.656. The molecule has 1 amide bonds. The Hall–Kier alpha value is -3.28. The number of hydrogen-bond donors (Lipinski definition) is 2. The first-order chi connectivity index (χ1) is 13.0. The normalized spacial score (nSPS) is 10.6. The van der Waals surface area contributed by atoms with Crippen LogP contribution in [0.25, 0.3) is 10.9 Å². The van der Waals surface area contributed by atoms with Crippen molar-refractivity contribution in [3.05, 3.63) is 64.8 Å². The number of carbonyl (C=O) groups excluding carboxylic acids is 2. The molecule has 0 bridgehead atoms. The molecule has 0 aliphatic heterocycles. The van der Waals surface area contributed by atoms with Crippen LogP contribution in [0.1, 0.15) is 27.2 Å². The Balaban J connectivity index is 1.57. The number of H-pyrrole nitrogens is 1. The summed E-state index contributed by atoms with van der Waals surface area (Å²) >= 11 is 0. The van der Waals surface area contributed by atoms with Crippen LogP contribution in [0.15, 0.2) is 42.5 Å². The van der Waals surface area contributed by atoms with E-state index in [-0.39, 0.29) is 12.5 Å². The van der Waals surface area contributed by atoms with Crippen LogP contribution in [-0.2, 0) is 16.1 Å². The third kappa shape index (κ3) is 4.11. The van der Waals surface area contributed by atoms with E-state index >= 15 is 0 Å². The molecule has 0 saturated heterocycles. The van der Waals surface area contributed by atoms with Crippen LogP contribution in [0.5, 0.6) is 5.75 Å². The highest BCUT2D eigenvalue weighted by Crippen LogP contribution is 2.22. The number of amides is 1. The van der Waals surface area contributed by atoms with E-state index in [2.05, 4.69) is 10.3 Å². The molecule has 0 spiro atoms. The van der Waals surface area contributed by atoms with Gasteiger partial charge < -0.3 is 19.8 Å². The summed E-state index contributed by atoms with van der Waals surface area (Å²) in [7, 11) is 1.58. The molecule has 1 aromatic heterocycles. The number of aromatic amines is 1. The van der Waals surface area contributed by atoms with Gasteiger partial charge in [-0.2, -0.15) is 0 Å². The molecule has 0 fully saturated rings. The van der Waals surface area contributed by atoms with Crippen LogP contribution in [-0.4, -0.2) is 30.6 Å². The van der Waals surface area contributed by atoms with E-state index in [1.165, 1.54) is 0 Å². The first kappa shape index (κ1) is 18.5. The Morgan fingerprint density at radius 1 is 1.11 bits per heavy atom. The number of ether oxygens (including phenoxy) is 2. The van der Waals surface area contributed by atoms with Crippen molar-refractivity contribution >= 4 is 22.8 Å². The van der Waals surface area contributed by atoms with Crippen LogP contribution in [0, 0.1) is 13.8 Å². The zero-order chi connectivity index (χ0) is 19.4. The number of hydrogen-bond acceptors (Lipinski definition) is 4. The number of aryl methyl sites for hydroxylation is 2. The third-order valence-electron chi connectivity index (χ3n) is 4.55. The average Bonchev–Trinajstić information content (AvgIpc) is 2.98. The predicted molar refractivity (Wildman–Crippen MR) is 103 cm³/mol. The first-order valence-corrected chi connectivity index (χ1v) is 8.64. The van der Waals surface area contributed by atoms with Gasteiger partial charge in [0.05, 0.1) is 12.7 Å². The number of methoxy groups -OCH3 is 1. The molecule has 3 aromatic rings. The lowest BCUT2D eigenvalue weighted by atomic mass is 10.1. The van der Waals surface area contributed by atoms with E-state index in [1.54, 1.807) is 19.2 Å². The van der Waals surface area contributed by atoms with Gasteiger partial charge in [-0.3, -0.25) is 4.79 Å². The van der Waals surface area contributed by atoms with Crippen molar-refractivity contribution in [2.75, 3.05) is 13.7 Å². The number of esters is 1. The summed E-state index contributed by atoms with van der Waals surface area (Å²) in [6.07, 6.45) is 0. The fourth-order valence-electron chi connectivity index (χ4n) is 2.90. The molecule has 2 N–H and O–H groups in total. The van der Waals surface area contributed by atoms with Crippen LogP contribution in [0.4, 0.5) is 0 Å². The van der Waals surface area contributed by atoms with Crippen molar-refractivity contribution in [2.24, 2.45) is 0 Å². The summed E-state index contributed by atoms with van der Waals surface area (Å²) in [4.78, 5) is 27.5. The fraction of sp³-hybridized carbons (Fsp3) is 0.238. The zero-order valence-electron chi connectivity index (χ0n) is 15.6. The summed E-state index contributed by atoms with van der Waals surface area (Å²) in [5, 5.41) is 3.70. The fourth-order valence-corrected chi connectivity index (χ4v) is 2.90. The Morgan fingerprint density at radius 2 is 1.89 bits per heavy atom. The number of benzene rings is 2. The van der Waals surface area contributed by atoms with Crippen LogP contribution >= 0.6 is 0 Å². The zero-order valence-corrected chi connectivity index (χ0v) is 15.6. The second kappa shape index (κ2) is 7.95. The summed E-state index contributed by atoms with van der Waals surface area (Å²) in [5.74, 6) is -0.202. The molecular weight excluding hydrogens is 344 g/mol. The van der Waals surface area contributed by atoms with Crippen LogP contribution < -0.4 is 10.1 Å². The molecule has 6 heteroatoms. The van der Waals surface area contributed by atoms with E-state index in [0.29, 0.717) is 17.9 Å². The van der Waals surface area contributed by atoms with Gasteiger partial charge in [0, 0.05) is 28.7 Å². The van der Waals surface area contributed by atoms with Gasteiger partial charge in [0.25, 0.3) is 5.91 Å². The highest BCUT2D eigenvalue weighted by atomic mass is 16.5. The van der Waals surface area contributed by atoms with E-state index in [4.69, 9.17) is 9.47 Å². The van der Waals surface area contributed by atoms with Crippen molar-refractivity contribution in [2.45, 2.75) is 20.4 Å². The summed E-state index contributed by atoms with van der Waals surface area (Å²) < 4.78 is 10.4. The van der Waals surface area contributed by atoms with Gasteiger partial charge >= 0.3 is 5.97 Å². The molecule has 0 saturated carbocycles. The van der Waals surface area contributed by atoms with Crippen molar-refractivity contribution in [3.63, 3.8) is 0 Å². The topological polar surface area (TPSA) is 80.4 Å². The molecule has 6 nitrogen and oxygen atoms in total. The molecule has 27 heavy (non-hydrogen) atoms. The minimum absolute atomic E-state index is 0.300. The Morgan fingerprint density at radius 3 is 2.67 bits per heavy atom. The Kier molecular flexibility index (Phi) is 5.45. The second-order valence-electron chi connectivity index (χ2n) is 6.30.